The number of rotatable bonds is 2. The Hall–Kier alpha value is -2.62. The topological polar surface area (TPSA) is 40.6 Å². The molecule has 4 heteroatoms. The molecule has 3 amide bonds. The maximum Gasteiger partial charge on any atom is 0.331 e. The van der Waals surface area contributed by atoms with Gasteiger partial charge in [0.2, 0.25) is 0 Å². The largest absolute Gasteiger partial charge is 0.331 e. The van der Waals surface area contributed by atoms with Gasteiger partial charge in [-0.1, -0.05) is 36.4 Å². The second-order valence-corrected chi connectivity index (χ2v) is 5.67. The van der Waals surface area contributed by atoms with E-state index in [9.17, 15) is 9.59 Å². The van der Waals surface area contributed by atoms with Gasteiger partial charge in [-0.15, -0.1) is 0 Å². The summed E-state index contributed by atoms with van der Waals surface area (Å²) in [5, 5.41) is 0. The third-order valence-electron chi connectivity index (χ3n) is 4.06. The third kappa shape index (κ3) is 3.42. The van der Waals surface area contributed by atoms with Gasteiger partial charge in [-0.05, 0) is 43.5 Å². The molecule has 1 heterocycles. The Labute approximate surface area is 136 Å². The van der Waals surface area contributed by atoms with Crippen LogP contribution in [0.4, 0.5) is 10.5 Å². The Morgan fingerprint density at radius 3 is 1.96 bits per heavy atom. The van der Waals surface area contributed by atoms with E-state index < -0.39 is 0 Å². The van der Waals surface area contributed by atoms with Crippen LogP contribution in [0.3, 0.4) is 0 Å². The molecule has 0 aliphatic carbocycles. The van der Waals surface area contributed by atoms with Gasteiger partial charge in [0, 0.05) is 18.7 Å². The summed E-state index contributed by atoms with van der Waals surface area (Å²) in [5.74, 6) is -0.285. The summed E-state index contributed by atoms with van der Waals surface area (Å²) >= 11 is 0. The maximum absolute atomic E-state index is 12.9. The van der Waals surface area contributed by atoms with Crippen LogP contribution in [-0.2, 0) is 0 Å². The van der Waals surface area contributed by atoms with Crippen molar-refractivity contribution in [2.75, 3.05) is 18.0 Å². The first-order chi connectivity index (χ1) is 11.3. The molecule has 1 fully saturated rings. The van der Waals surface area contributed by atoms with Gasteiger partial charge < -0.3 is 4.90 Å². The molecule has 0 atom stereocenters. The quantitative estimate of drug-likeness (QED) is 0.843. The molecule has 2 aromatic rings. The van der Waals surface area contributed by atoms with Crippen LogP contribution in [-0.4, -0.2) is 29.9 Å². The summed E-state index contributed by atoms with van der Waals surface area (Å²) in [6.45, 7) is 1.43. The first kappa shape index (κ1) is 15.3. The van der Waals surface area contributed by atoms with Crippen molar-refractivity contribution < 1.29 is 9.59 Å². The highest BCUT2D eigenvalue weighted by molar-refractivity contribution is 6.20. The number of hydrogen-bond donors (Lipinski definition) is 0. The lowest BCUT2D eigenvalue weighted by atomic mass is 10.1. The van der Waals surface area contributed by atoms with E-state index in [0.717, 1.165) is 19.3 Å². The van der Waals surface area contributed by atoms with Crippen LogP contribution in [0.2, 0.25) is 0 Å². The molecule has 0 N–H and O–H groups in total. The van der Waals surface area contributed by atoms with Gasteiger partial charge in [0.05, 0.1) is 5.69 Å². The van der Waals surface area contributed by atoms with Gasteiger partial charge >= 0.3 is 6.03 Å². The second-order valence-electron chi connectivity index (χ2n) is 5.67. The van der Waals surface area contributed by atoms with E-state index in [0.29, 0.717) is 24.3 Å². The standard InChI is InChI=1S/C19H20N2O2/c22-18(16-10-4-1-5-11-16)21(17-12-6-2-7-13-17)19(23)20-14-8-3-9-15-20/h1-2,4-7,10-13H,3,8-9,14-15H2. The van der Waals surface area contributed by atoms with Crippen LogP contribution in [0, 0.1) is 0 Å². The number of para-hydroxylation sites is 1. The molecule has 0 unspecified atom stereocenters. The van der Waals surface area contributed by atoms with Crippen LogP contribution in [0.15, 0.2) is 60.7 Å². The molecule has 1 saturated heterocycles. The number of urea groups is 1. The summed E-state index contributed by atoms with van der Waals surface area (Å²) in [6, 6.07) is 17.9. The smallest absolute Gasteiger partial charge is 0.324 e. The zero-order chi connectivity index (χ0) is 16.1. The Kier molecular flexibility index (Phi) is 4.71. The average molecular weight is 308 g/mol. The summed E-state index contributed by atoms with van der Waals surface area (Å²) in [5.41, 5.74) is 1.12. The van der Waals surface area contributed by atoms with Crippen molar-refractivity contribution >= 4 is 17.6 Å². The van der Waals surface area contributed by atoms with Crippen molar-refractivity contribution in [3.8, 4) is 0 Å². The minimum atomic E-state index is -0.285. The third-order valence-corrected chi connectivity index (χ3v) is 4.06. The average Bonchev–Trinajstić information content (AvgIpc) is 2.64. The van der Waals surface area contributed by atoms with Crippen LogP contribution >= 0.6 is 0 Å². The number of amides is 3. The molecule has 0 saturated carbocycles. The fourth-order valence-corrected chi connectivity index (χ4v) is 2.83. The van der Waals surface area contributed by atoms with Gasteiger partial charge in [0.1, 0.15) is 0 Å². The lowest BCUT2D eigenvalue weighted by Crippen LogP contribution is -2.48. The van der Waals surface area contributed by atoms with Gasteiger partial charge in [-0.2, -0.15) is 0 Å². The second kappa shape index (κ2) is 7.09. The number of anilines is 1. The molecule has 0 bridgehead atoms. The van der Waals surface area contributed by atoms with E-state index in [4.69, 9.17) is 0 Å². The normalized spacial score (nSPS) is 14.3. The molecule has 1 aliphatic rings. The summed E-state index contributed by atoms with van der Waals surface area (Å²) in [4.78, 5) is 28.9. The Morgan fingerprint density at radius 1 is 0.783 bits per heavy atom. The predicted octanol–water partition coefficient (Wildman–Crippen LogP) is 3.94. The highest BCUT2D eigenvalue weighted by Gasteiger charge is 2.29. The number of piperidine rings is 1. The molecule has 0 radical (unpaired) electrons. The van der Waals surface area contributed by atoms with Gasteiger partial charge in [-0.25, -0.2) is 9.69 Å². The minimum absolute atomic E-state index is 0.232. The van der Waals surface area contributed by atoms with Gasteiger partial charge in [0.25, 0.3) is 5.91 Å². The van der Waals surface area contributed by atoms with E-state index in [2.05, 4.69) is 0 Å². The van der Waals surface area contributed by atoms with Crippen LogP contribution in [0.25, 0.3) is 0 Å². The highest BCUT2D eigenvalue weighted by atomic mass is 16.2. The van der Waals surface area contributed by atoms with Crippen molar-refractivity contribution in [2.45, 2.75) is 19.3 Å². The highest BCUT2D eigenvalue weighted by Crippen LogP contribution is 2.21. The Morgan fingerprint density at radius 2 is 1.35 bits per heavy atom. The number of imide groups is 1. The number of hydrogen-bond acceptors (Lipinski definition) is 2. The van der Waals surface area contributed by atoms with E-state index in [1.165, 1.54) is 4.90 Å². The van der Waals surface area contributed by atoms with Crippen molar-refractivity contribution in [1.82, 2.24) is 4.90 Å². The zero-order valence-corrected chi connectivity index (χ0v) is 13.0. The van der Waals surface area contributed by atoms with E-state index in [1.807, 2.05) is 36.4 Å². The fourth-order valence-electron chi connectivity index (χ4n) is 2.83. The first-order valence-electron chi connectivity index (χ1n) is 8.01. The number of benzene rings is 2. The molecule has 1 aliphatic heterocycles. The number of likely N-dealkylation sites (tertiary alicyclic amines) is 1. The lowest BCUT2D eigenvalue weighted by Gasteiger charge is -2.32. The predicted molar refractivity (Wildman–Crippen MR) is 90.5 cm³/mol. The summed E-state index contributed by atoms with van der Waals surface area (Å²) in [6.07, 6.45) is 3.13. The molecule has 3 rings (SSSR count). The van der Waals surface area contributed by atoms with Crippen LogP contribution in [0.1, 0.15) is 29.6 Å². The lowest BCUT2D eigenvalue weighted by molar-refractivity contribution is 0.0983. The van der Waals surface area contributed by atoms with Crippen molar-refractivity contribution in [1.29, 1.82) is 0 Å². The Balaban J connectivity index is 1.94. The van der Waals surface area contributed by atoms with Gasteiger partial charge in [0.15, 0.2) is 0 Å². The Bertz CT molecular complexity index is 664. The minimum Gasteiger partial charge on any atom is -0.324 e. The van der Waals surface area contributed by atoms with E-state index >= 15 is 0 Å². The maximum atomic E-state index is 12.9. The number of carbonyl (C=O) groups excluding carboxylic acids is 2. The van der Waals surface area contributed by atoms with Crippen molar-refractivity contribution in [2.24, 2.45) is 0 Å². The number of carbonyl (C=O) groups is 2. The molecule has 0 spiro atoms. The van der Waals surface area contributed by atoms with Crippen LogP contribution in [0.5, 0.6) is 0 Å². The summed E-state index contributed by atoms with van der Waals surface area (Å²) in [7, 11) is 0. The molecule has 0 aromatic heterocycles. The van der Waals surface area contributed by atoms with Crippen molar-refractivity contribution in [3.05, 3.63) is 66.2 Å². The number of nitrogens with zero attached hydrogens (tertiary/aromatic N) is 2. The summed E-state index contributed by atoms with van der Waals surface area (Å²) < 4.78 is 0. The monoisotopic (exact) mass is 308 g/mol. The molecule has 2 aromatic carbocycles. The van der Waals surface area contributed by atoms with Crippen molar-refractivity contribution in [3.63, 3.8) is 0 Å². The molecular formula is C19H20N2O2. The van der Waals surface area contributed by atoms with E-state index in [1.54, 1.807) is 29.2 Å². The molecule has 4 nitrogen and oxygen atoms in total. The molecule has 118 valence electrons. The fraction of sp³-hybridized carbons (Fsp3) is 0.263. The zero-order valence-electron chi connectivity index (χ0n) is 13.0. The SMILES string of the molecule is O=C(c1ccccc1)N(C(=O)N1CCCCC1)c1ccccc1. The first-order valence-corrected chi connectivity index (χ1v) is 8.01. The van der Waals surface area contributed by atoms with Gasteiger partial charge in [-0.3, -0.25) is 4.79 Å². The van der Waals surface area contributed by atoms with E-state index in [-0.39, 0.29) is 11.9 Å². The van der Waals surface area contributed by atoms with Crippen LogP contribution < -0.4 is 4.90 Å². The molecular weight excluding hydrogens is 288 g/mol. The molecule has 23 heavy (non-hydrogen) atoms.